The van der Waals surface area contributed by atoms with Crippen LogP contribution in [0.2, 0.25) is 0 Å². The largest absolute Gasteiger partial charge is 0.442 e. The predicted molar refractivity (Wildman–Crippen MR) is 97.8 cm³/mol. The fraction of sp³-hybridized carbons (Fsp3) is 0.333. The molecule has 3 aromatic heterocycles. The number of pyridine rings is 1. The van der Waals surface area contributed by atoms with E-state index in [1.54, 1.807) is 13.1 Å². The number of morpholine rings is 1. The Labute approximate surface area is 154 Å². The Morgan fingerprint density at radius 2 is 2.15 bits per heavy atom. The third-order valence-electron chi connectivity index (χ3n) is 4.50. The van der Waals surface area contributed by atoms with Crippen LogP contribution in [0.5, 0.6) is 0 Å². The van der Waals surface area contributed by atoms with E-state index in [-0.39, 0.29) is 22.6 Å². The number of furan rings is 1. The van der Waals surface area contributed by atoms with Gasteiger partial charge in [-0.15, -0.1) is 0 Å². The highest BCUT2D eigenvalue weighted by Gasteiger charge is 2.21. The van der Waals surface area contributed by atoms with Crippen molar-refractivity contribution in [3.8, 4) is 0 Å². The van der Waals surface area contributed by atoms with Gasteiger partial charge in [0, 0.05) is 25.8 Å². The molecule has 0 atom stereocenters. The summed E-state index contributed by atoms with van der Waals surface area (Å²) >= 11 is 0. The minimum Gasteiger partial charge on any atom is -0.442 e. The number of amides is 1. The highest BCUT2D eigenvalue weighted by molar-refractivity contribution is 6.06. The lowest BCUT2D eigenvalue weighted by atomic mass is 10.1. The number of carbonyl (C=O) groups excluding carboxylic acids is 1. The number of fused-ring (bicyclic) bond motifs is 1. The second kappa shape index (κ2) is 7.20. The Morgan fingerprint density at radius 1 is 1.33 bits per heavy atom. The number of hydrogen-bond acceptors (Lipinski definition) is 7. The number of aryl methyl sites for hydroxylation is 1. The molecule has 4 heterocycles. The van der Waals surface area contributed by atoms with Gasteiger partial charge >= 0.3 is 0 Å². The maximum absolute atomic E-state index is 12.7. The highest BCUT2D eigenvalue weighted by atomic mass is 16.5. The molecule has 0 radical (unpaired) electrons. The number of ether oxygens (including phenoxy) is 1. The van der Waals surface area contributed by atoms with Gasteiger partial charge in [-0.2, -0.15) is 0 Å². The van der Waals surface area contributed by atoms with E-state index in [0.717, 1.165) is 24.5 Å². The molecule has 0 saturated carbocycles. The van der Waals surface area contributed by atoms with Crippen LogP contribution in [0.25, 0.3) is 11.1 Å². The van der Waals surface area contributed by atoms with Gasteiger partial charge in [0.1, 0.15) is 17.0 Å². The van der Waals surface area contributed by atoms with Crippen LogP contribution in [0.4, 0.5) is 5.82 Å². The monoisotopic (exact) mass is 369 g/mol. The van der Waals surface area contributed by atoms with Crippen LogP contribution < -0.4 is 15.8 Å². The Kier molecular flexibility index (Phi) is 4.59. The Hall–Kier alpha value is -3.20. The van der Waals surface area contributed by atoms with Crippen molar-refractivity contribution in [3.63, 3.8) is 0 Å². The normalized spacial score (nSPS) is 14.5. The Morgan fingerprint density at radius 3 is 2.96 bits per heavy atom. The fourth-order valence-electron chi connectivity index (χ4n) is 3.13. The van der Waals surface area contributed by atoms with Crippen LogP contribution in [0.15, 0.2) is 33.9 Å². The quantitative estimate of drug-likeness (QED) is 0.705. The van der Waals surface area contributed by atoms with Crippen molar-refractivity contribution < 1.29 is 13.9 Å². The second-order valence-corrected chi connectivity index (χ2v) is 6.25. The summed E-state index contributed by atoms with van der Waals surface area (Å²) in [6, 6.07) is 3.79. The van der Waals surface area contributed by atoms with Gasteiger partial charge in [0.05, 0.1) is 25.1 Å². The minimum atomic E-state index is -0.402. The molecule has 2 N–H and O–H groups in total. The molecule has 4 rings (SSSR count). The van der Waals surface area contributed by atoms with Crippen LogP contribution in [0.3, 0.4) is 0 Å². The summed E-state index contributed by atoms with van der Waals surface area (Å²) in [4.78, 5) is 37.7. The number of nitrogens with one attached hydrogen (secondary N) is 2. The molecule has 3 aromatic rings. The maximum atomic E-state index is 12.7. The van der Waals surface area contributed by atoms with Gasteiger partial charge in [0.25, 0.3) is 11.5 Å². The van der Waals surface area contributed by atoms with Crippen molar-refractivity contribution >= 4 is 22.8 Å². The molecule has 1 aliphatic rings. The van der Waals surface area contributed by atoms with Crippen LogP contribution in [0.1, 0.15) is 21.7 Å². The van der Waals surface area contributed by atoms with Gasteiger partial charge in [0.2, 0.25) is 5.71 Å². The van der Waals surface area contributed by atoms with E-state index in [4.69, 9.17) is 9.15 Å². The average Bonchev–Trinajstić information content (AvgIpc) is 3.04. The standard InChI is InChI=1S/C18H19N5O4/c1-11-14(15-17(25)21-10-22-18(15)27-11)16(24)20-9-12-2-3-19-13(8-12)23-4-6-26-7-5-23/h2-3,8,10H,4-7,9H2,1H3,(H,20,24)(H,21,22,25). The zero-order valence-electron chi connectivity index (χ0n) is 14.8. The second-order valence-electron chi connectivity index (χ2n) is 6.25. The molecule has 27 heavy (non-hydrogen) atoms. The third kappa shape index (κ3) is 3.41. The molecule has 1 amide bonds. The number of nitrogens with zero attached hydrogens (tertiary/aromatic N) is 3. The number of aromatic nitrogens is 3. The molecule has 0 spiro atoms. The predicted octanol–water partition coefficient (Wildman–Crippen LogP) is 0.986. The molecule has 140 valence electrons. The molecule has 1 aliphatic heterocycles. The molecular weight excluding hydrogens is 350 g/mol. The van der Waals surface area contributed by atoms with Gasteiger partial charge < -0.3 is 24.4 Å². The zero-order valence-corrected chi connectivity index (χ0v) is 14.8. The summed E-state index contributed by atoms with van der Waals surface area (Å²) in [5.41, 5.74) is 0.875. The topological polar surface area (TPSA) is 113 Å². The van der Waals surface area contributed by atoms with E-state index >= 15 is 0 Å². The van der Waals surface area contributed by atoms with Crippen LogP contribution in [0, 0.1) is 6.92 Å². The molecule has 0 aliphatic carbocycles. The molecule has 0 unspecified atom stereocenters. The summed E-state index contributed by atoms with van der Waals surface area (Å²) in [5, 5.41) is 3.00. The lowest BCUT2D eigenvalue weighted by Gasteiger charge is -2.28. The van der Waals surface area contributed by atoms with E-state index < -0.39 is 5.56 Å². The van der Waals surface area contributed by atoms with Crippen molar-refractivity contribution in [1.29, 1.82) is 0 Å². The molecule has 1 fully saturated rings. The van der Waals surface area contributed by atoms with E-state index in [0.29, 0.717) is 25.5 Å². The van der Waals surface area contributed by atoms with E-state index in [2.05, 4.69) is 25.2 Å². The highest BCUT2D eigenvalue weighted by Crippen LogP contribution is 2.20. The molecule has 0 aromatic carbocycles. The minimum absolute atomic E-state index is 0.153. The van der Waals surface area contributed by atoms with E-state index in [9.17, 15) is 9.59 Å². The molecule has 0 bridgehead atoms. The van der Waals surface area contributed by atoms with Gasteiger partial charge in [-0.3, -0.25) is 9.59 Å². The first-order valence-corrected chi connectivity index (χ1v) is 8.66. The summed E-state index contributed by atoms with van der Waals surface area (Å²) in [7, 11) is 0. The number of H-pyrrole nitrogens is 1. The first-order valence-electron chi connectivity index (χ1n) is 8.66. The van der Waals surface area contributed by atoms with Gasteiger partial charge in [-0.25, -0.2) is 9.97 Å². The lowest BCUT2D eigenvalue weighted by Crippen LogP contribution is -2.36. The smallest absolute Gasteiger partial charge is 0.262 e. The van der Waals surface area contributed by atoms with Crippen molar-refractivity contribution in [3.05, 3.63) is 51.9 Å². The first-order chi connectivity index (χ1) is 13.1. The van der Waals surface area contributed by atoms with Gasteiger partial charge in [0.15, 0.2) is 0 Å². The van der Waals surface area contributed by atoms with Gasteiger partial charge in [-0.1, -0.05) is 0 Å². The third-order valence-corrected chi connectivity index (χ3v) is 4.50. The van der Waals surface area contributed by atoms with Crippen molar-refractivity contribution in [2.24, 2.45) is 0 Å². The molecular formula is C18H19N5O4. The van der Waals surface area contributed by atoms with Crippen LogP contribution in [-0.2, 0) is 11.3 Å². The average molecular weight is 369 g/mol. The summed E-state index contributed by atoms with van der Waals surface area (Å²) in [6.07, 6.45) is 2.97. The lowest BCUT2D eigenvalue weighted by molar-refractivity contribution is 0.0950. The zero-order chi connectivity index (χ0) is 18.8. The van der Waals surface area contributed by atoms with Crippen molar-refractivity contribution in [1.82, 2.24) is 20.3 Å². The number of hydrogen-bond donors (Lipinski definition) is 2. The molecule has 9 nitrogen and oxygen atoms in total. The summed E-state index contributed by atoms with van der Waals surface area (Å²) in [6.45, 7) is 4.88. The first kappa shape index (κ1) is 17.2. The fourth-order valence-corrected chi connectivity index (χ4v) is 3.13. The summed E-state index contributed by atoms with van der Waals surface area (Å²) in [5.74, 6) is 0.834. The maximum Gasteiger partial charge on any atom is 0.262 e. The van der Waals surface area contributed by atoms with Crippen molar-refractivity contribution in [2.75, 3.05) is 31.2 Å². The number of rotatable bonds is 4. The Balaban J connectivity index is 1.52. The number of aromatic amines is 1. The van der Waals surface area contributed by atoms with Gasteiger partial charge in [-0.05, 0) is 24.6 Å². The number of anilines is 1. The van der Waals surface area contributed by atoms with Crippen LogP contribution >= 0.6 is 0 Å². The van der Waals surface area contributed by atoms with Crippen molar-refractivity contribution in [2.45, 2.75) is 13.5 Å². The molecule has 1 saturated heterocycles. The Bertz CT molecular complexity index is 1040. The SMILES string of the molecule is Cc1oc2nc[nH]c(=O)c2c1C(=O)NCc1ccnc(N2CCOCC2)c1. The number of carbonyl (C=O) groups is 1. The summed E-state index contributed by atoms with van der Waals surface area (Å²) < 4.78 is 10.8. The molecule has 9 heteroatoms. The van der Waals surface area contributed by atoms with E-state index in [1.165, 1.54) is 6.33 Å². The van der Waals surface area contributed by atoms with Crippen LogP contribution in [-0.4, -0.2) is 47.2 Å². The van der Waals surface area contributed by atoms with E-state index in [1.807, 2.05) is 12.1 Å².